The van der Waals surface area contributed by atoms with Crippen LogP contribution in [0.2, 0.25) is 0 Å². The van der Waals surface area contributed by atoms with Crippen molar-refractivity contribution in [3.8, 4) is 0 Å². The summed E-state index contributed by atoms with van der Waals surface area (Å²) < 4.78 is 1.79. The second-order valence-corrected chi connectivity index (χ2v) is 12.7. The summed E-state index contributed by atoms with van der Waals surface area (Å²) in [6.45, 7) is 3.99. The molecule has 10 heteroatoms. The van der Waals surface area contributed by atoms with Crippen molar-refractivity contribution in [2.75, 3.05) is 14.1 Å². The second-order valence-electron chi connectivity index (χ2n) is 10.8. The van der Waals surface area contributed by atoms with Crippen molar-refractivity contribution in [2.45, 2.75) is 24.9 Å². The Morgan fingerprint density at radius 3 is 1.16 bits per heavy atom. The monoisotopic (exact) mass is 714 g/mol. The molecule has 0 aliphatic carbocycles. The Kier molecular flexibility index (Phi) is 8.51. The SMILES string of the molecule is Cc1cccc(C2(c3cccc(Br)c3)N=C(N)N(C)C2=O)c1.Cc1cccc(C2(c3cccc(Br)c3)N=C(N)N(C)C2=O)c1. The number of carbonyl (C=O) groups is 2. The fourth-order valence-corrected chi connectivity index (χ4v) is 6.33. The molecular formula is C34H32Br2N6O2. The summed E-state index contributed by atoms with van der Waals surface area (Å²) in [5.41, 5.74) is 15.0. The van der Waals surface area contributed by atoms with Gasteiger partial charge in [-0.05, 0) is 60.4 Å². The maximum absolute atomic E-state index is 13.0. The van der Waals surface area contributed by atoms with Gasteiger partial charge in [-0.1, -0.05) is 116 Å². The highest BCUT2D eigenvalue weighted by Crippen LogP contribution is 2.41. The Balaban J connectivity index is 0.000000175. The number of aryl methyl sites for hydroxylation is 2. The number of amides is 2. The minimum atomic E-state index is -1.12. The van der Waals surface area contributed by atoms with Gasteiger partial charge in [0.15, 0.2) is 23.0 Å². The molecule has 8 nitrogen and oxygen atoms in total. The van der Waals surface area contributed by atoms with E-state index in [1.165, 1.54) is 9.80 Å². The summed E-state index contributed by atoms with van der Waals surface area (Å²) in [6, 6.07) is 30.9. The zero-order valence-electron chi connectivity index (χ0n) is 24.8. The quantitative estimate of drug-likeness (QED) is 0.287. The average Bonchev–Trinajstić information content (AvgIpc) is 3.38. The highest BCUT2D eigenvalue weighted by Gasteiger charge is 2.50. The van der Waals surface area contributed by atoms with E-state index in [9.17, 15) is 9.59 Å². The zero-order valence-corrected chi connectivity index (χ0v) is 27.9. The molecule has 2 atom stereocenters. The summed E-state index contributed by atoms with van der Waals surface area (Å²) in [4.78, 5) is 37.9. The number of guanidine groups is 2. The molecule has 4 N–H and O–H groups in total. The van der Waals surface area contributed by atoms with Crippen LogP contribution in [0.5, 0.6) is 0 Å². The molecule has 2 amide bonds. The van der Waals surface area contributed by atoms with E-state index in [1.54, 1.807) is 14.1 Å². The second kappa shape index (κ2) is 12.0. The van der Waals surface area contributed by atoms with Crippen molar-refractivity contribution in [1.29, 1.82) is 0 Å². The smallest absolute Gasteiger partial charge is 0.266 e. The number of carbonyl (C=O) groups excluding carboxylic acids is 2. The normalized spacial score (nSPS) is 21.1. The number of benzene rings is 4. The van der Waals surface area contributed by atoms with Crippen LogP contribution >= 0.6 is 31.9 Å². The Hall–Kier alpha value is -4.28. The van der Waals surface area contributed by atoms with Gasteiger partial charge in [0.2, 0.25) is 0 Å². The maximum atomic E-state index is 13.0. The zero-order chi connectivity index (χ0) is 31.8. The van der Waals surface area contributed by atoms with Gasteiger partial charge in [-0.25, -0.2) is 9.98 Å². The molecule has 0 fully saturated rings. The molecule has 6 rings (SSSR count). The first-order chi connectivity index (χ1) is 20.9. The largest absolute Gasteiger partial charge is 0.369 e. The van der Waals surface area contributed by atoms with Crippen molar-refractivity contribution in [3.05, 3.63) is 139 Å². The molecule has 4 aromatic carbocycles. The van der Waals surface area contributed by atoms with Crippen LogP contribution in [0, 0.1) is 13.8 Å². The number of hydrogen-bond donors (Lipinski definition) is 2. The lowest BCUT2D eigenvalue weighted by molar-refractivity contribution is -0.130. The van der Waals surface area contributed by atoms with E-state index in [1.807, 2.05) is 111 Å². The van der Waals surface area contributed by atoms with Gasteiger partial charge in [-0.15, -0.1) is 0 Å². The number of aliphatic imine (C=N–C) groups is 2. The Bertz CT molecular complexity index is 1610. The van der Waals surface area contributed by atoms with E-state index in [0.29, 0.717) is 0 Å². The van der Waals surface area contributed by atoms with Crippen LogP contribution in [-0.2, 0) is 20.7 Å². The average molecular weight is 716 g/mol. The lowest BCUT2D eigenvalue weighted by Crippen LogP contribution is -2.41. The van der Waals surface area contributed by atoms with Crippen LogP contribution in [0.1, 0.15) is 33.4 Å². The molecule has 2 unspecified atom stereocenters. The van der Waals surface area contributed by atoms with Crippen LogP contribution in [0.3, 0.4) is 0 Å². The van der Waals surface area contributed by atoms with E-state index < -0.39 is 11.1 Å². The number of hydrogen-bond acceptors (Lipinski definition) is 6. The molecule has 2 aliphatic heterocycles. The summed E-state index contributed by atoms with van der Waals surface area (Å²) in [6.07, 6.45) is 0. The number of nitrogens with two attached hydrogens (primary N) is 2. The van der Waals surface area contributed by atoms with Gasteiger partial charge in [0.1, 0.15) is 0 Å². The van der Waals surface area contributed by atoms with E-state index in [4.69, 9.17) is 11.5 Å². The van der Waals surface area contributed by atoms with Gasteiger partial charge in [-0.2, -0.15) is 0 Å². The Morgan fingerprint density at radius 1 is 0.568 bits per heavy atom. The number of halogens is 2. The Morgan fingerprint density at radius 2 is 0.886 bits per heavy atom. The van der Waals surface area contributed by atoms with Crippen molar-refractivity contribution in [3.63, 3.8) is 0 Å². The molecular weight excluding hydrogens is 684 g/mol. The third-order valence-corrected chi connectivity index (χ3v) is 8.82. The van der Waals surface area contributed by atoms with Gasteiger partial charge in [0.05, 0.1) is 0 Å². The van der Waals surface area contributed by atoms with E-state index in [2.05, 4.69) is 41.8 Å². The number of nitrogens with zero attached hydrogens (tertiary/aromatic N) is 4. The van der Waals surface area contributed by atoms with Gasteiger partial charge in [0.25, 0.3) is 11.8 Å². The van der Waals surface area contributed by atoms with Crippen LogP contribution in [-0.4, -0.2) is 47.6 Å². The maximum Gasteiger partial charge on any atom is 0.266 e. The molecule has 0 saturated heterocycles. The minimum absolute atomic E-state index is 0.145. The summed E-state index contributed by atoms with van der Waals surface area (Å²) in [5.74, 6) is 0.167. The van der Waals surface area contributed by atoms with Crippen molar-refractivity contribution >= 4 is 55.6 Å². The number of rotatable bonds is 4. The number of likely N-dealkylation sites (N-methyl/N-ethyl adjacent to an activating group) is 2. The molecule has 0 saturated carbocycles. The predicted molar refractivity (Wildman–Crippen MR) is 181 cm³/mol. The van der Waals surface area contributed by atoms with E-state index >= 15 is 0 Å². The lowest BCUT2D eigenvalue weighted by atomic mass is 9.82. The molecule has 2 aliphatic rings. The standard InChI is InChI=1S/2C17H16BrN3O/c2*1-11-5-3-6-12(9-11)17(13-7-4-8-14(18)10-13)15(22)21(2)16(19)20-17/h2*3-10H,1-2H3,(H2,19,20). The van der Waals surface area contributed by atoms with Crippen LogP contribution in [0.25, 0.3) is 0 Å². The molecule has 0 bridgehead atoms. The van der Waals surface area contributed by atoms with E-state index in [-0.39, 0.29) is 23.7 Å². The topological polar surface area (TPSA) is 117 Å². The predicted octanol–water partition coefficient (Wildman–Crippen LogP) is 5.58. The molecule has 2 heterocycles. The molecule has 44 heavy (non-hydrogen) atoms. The van der Waals surface area contributed by atoms with Gasteiger partial charge in [0, 0.05) is 23.0 Å². The first kappa shape index (κ1) is 31.2. The first-order valence-electron chi connectivity index (χ1n) is 13.8. The van der Waals surface area contributed by atoms with Gasteiger partial charge >= 0.3 is 0 Å². The van der Waals surface area contributed by atoms with Crippen LogP contribution in [0.4, 0.5) is 0 Å². The highest BCUT2D eigenvalue weighted by molar-refractivity contribution is 9.10. The minimum Gasteiger partial charge on any atom is -0.369 e. The lowest BCUT2D eigenvalue weighted by Gasteiger charge is -2.26. The molecule has 224 valence electrons. The summed E-state index contributed by atoms with van der Waals surface area (Å²) >= 11 is 6.93. The first-order valence-corrected chi connectivity index (χ1v) is 15.4. The van der Waals surface area contributed by atoms with E-state index in [0.717, 1.165) is 42.3 Å². The fourth-order valence-electron chi connectivity index (χ4n) is 5.54. The molecule has 4 aromatic rings. The van der Waals surface area contributed by atoms with Crippen molar-refractivity contribution < 1.29 is 9.59 Å². The fraction of sp³-hybridized carbons (Fsp3) is 0.176. The Labute approximate surface area is 273 Å². The van der Waals surface area contributed by atoms with Crippen molar-refractivity contribution in [1.82, 2.24) is 9.80 Å². The molecule has 0 radical (unpaired) electrons. The molecule has 0 aromatic heterocycles. The summed E-state index contributed by atoms with van der Waals surface area (Å²) in [5, 5.41) is 0. The van der Waals surface area contributed by atoms with Crippen molar-refractivity contribution in [2.24, 2.45) is 21.5 Å². The van der Waals surface area contributed by atoms with Crippen LogP contribution in [0.15, 0.2) is 116 Å². The highest BCUT2D eigenvalue weighted by atomic mass is 79.9. The van der Waals surface area contributed by atoms with Crippen LogP contribution < -0.4 is 11.5 Å². The summed E-state index contributed by atoms with van der Waals surface area (Å²) in [7, 11) is 3.30. The molecule has 0 spiro atoms. The van der Waals surface area contributed by atoms with Gasteiger partial charge < -0.3 is 11.5 Å². The third-order valence-electron chi connectivity index (χ3n) is 7.84. The van der Waals surface area contributed by atoms with Gasteiger partial charge in [-0.3, -0.25) is 19.4 Å². The third kappa shape index (κ3) is 5.33.